The van der Waals surface area contributed by atoms with Gasteiger partial charge in [0.05, 0.1) is 58.8 Å². The summed E-state index contributed by atoms with van der Waals surface area (Å²) < 4.78 is 37.9. The van der Waals surface area contributed by atoms with Gasteiger partial charge in [-0.15, -0.1) is 0 Å². The molecule has 4 aromatic rings. The number of nitrogens with zero attached hydrogens (tertiary/aromatic N) is 2. The molecule has 8 aliphatic rings. The molecule has 14 heteroatoms. The number of nitrogens with one attached hydrogen (secondary N) is 2. The number of carboxylic acid groups (broad SMARTS) is 1. The number of aromatic hydroxyl groups is 1. The minimum atomic E-state index is -3.26. The molecule has 2 heterocycles. The lowest BCUT2D eigenvalue weighted by molar-refractivity contribution is -0.160. The highest BCUT2D eigenvalue weighted by atomic mass is 32.2. The SMILES string of the molecule is CC1(C)CCC(OS(C)(=O)=O)CC1.CC1(C)CCC(Oc2ccc3nc(CNC45CCC(C(=O)O)(CC4)CC5)ccc3c2)CC1.COC(=O)C12CCC(NCc3ccc4cc(O)ccc4n3)(CC1)CC2. The summed E-state index contributed by atoms with van der Waals surface area (Å²) in [6.45, 7) is 10.6. The molecule has 13 nitrogen and oxygen atoms in total. The number of ether oxygens (including phenoxy) is 2. The minimum absolute atomic E-state index is 0.0275. The number of rotatable bonds is 12. The topological polar surface area (TPSA) is 186 Å². The van der Waals surface area contributed by atoms with Crippen molar-refractivity contribution in [3.63, 3.8) is 0 Å². The second-order valence-corrected chi connectivity index (χ2v) is 25.2. The standard InChI is InChI=1S/C27H36N2O3.C20H24N2O3.C9H18O3S/c1-25(2)9-7-21(8-10-25)32-22-5-6-23-19(17-22)3-4-20(29-23)18-28-27-14-11-26(12-15-27,13-16-27)24(30)31;1-25-18(24)19-6-9-20(10-7-19,11-8-19)21-13-15-3-2-14-12-16(23)4-5-17(14)22-15;1-9(2)6-4-8(5-7-9)12-13(3,10)11/h3-6,17,21,28H,7-16,18H2,1-2H3,(H,30,31);2-5,12,21,23H,6-11,13H2,1H3;8H,4-7H2,1-3H3. The highest BCUT2D eigenvalue weighted by Crippen LogP contribution is 2.54. The van der Waals surface area contributed by atoms with Gasteiger partial charge in [-0.25, -0.2) is 0 Å². The Morgan fingerprint density at radius 2 is 1.06 bits per heavy atom. The molecular weight excluding hydrogens is 905 g/mol. The summed E-state index contributed by atoms with van der Waals surface area (Å²) in [5.41, 5.74) is 4.26. The highest BCUT2D eigenvalue weighted by molar-refractivity contribution is 7.86. The van der Waals surface area contributed by atoms with E-state index in [-0.39, 0.29) is 34.3 Å². The summed E-state index contributed by atoms with van der Waals surface area (Å²) in [6.07, 6.45) is 20.9. The Bertz CT molecular complexity index is 2560. The molecule has 0 saturated heterocycles. The van der Waals surface area contributed by atoms with Gasteiger partial charge in [0.15, 0.2) is 0 Å². The van der Waals surface area contributed by atoms with E-state index >= 15 is 0 Å². The average Bonchev–Trinajstić information content (AvgIpc) is 3.35. The van der Waals surface area contributed by atoms with Crippen LogP contribution in [0.15, 0.2) is 60.7 Å². The molecular formula is C56H78N4O9S. The Hall–Kier alpha value is -4.37. The number of benzene rings is 2. The zero-order chi connectivity index (χ0) is 50.0. The van der Waals surface area contributed by atoms with Crippen LogP contribution in [0.1, 0.15) is 167 Å². The van der Waals surface area contributed by atoms with Gasteiger partial charge in [0.1, 0.15) is 11.5 Å². The fraction of sp³-hybridized carbons (Fsp3) is 0.643. The van der Waals surface area contributed by atoms with Gasteiger partial charge in [0.2, 0.25) is 0 Å². The number of esters is 1. The summed E-state index contributed by atoms with van der Waals surface area (Å²) >= 11 is 0. The first-order valence-corrected chi connectivity index (χ1v) is 27.8. The third-order valence-corrected chi connectivity index (χ3v) is 18.1. The van der Waals surface area contributed by atoms with Gasteiger partial charge >= 0.3 is 11.9 Å². The first-order chi connectivity index (χ1) is 33.1. The van der Waals surface area contributed by atoms with E-state index in [4.69, 9.17) is 18.6 Å². The molecule has 0 spiro atoms. The Morgan fingerprint density at radius 1 is 0.614 bits per heavy atom. The first kappa shape index (κ1) is 52.0. The van der Waals surface area contributed by atoms with E-state index in [0.717, 1.165) is 174 Å². The quantitative estimate of drug-likeness (QED) is 0.0777. The zero-order valence-electron chi connectivity index (χ0n) is 42.5. The molecule has 8 fully saturated rings. The Kier molecular flexibility index (Phi) is 15.3. The van der Waals surface area contributed by atoms with Crippen LogP contribution in [-0.4, -0.2) is 77.2 Å². The number of hydrogen-bond donors (Lipinski definition) is 4. The van der Waals surface area contributed by atoms with E-state index < -0.39 is 21.5 Å². The maximum absolute atomic E-state index is 12.1. The Balaban J connectivity index is 0.000000154. The molecule has 0 amide bonds. The van der Waals surface area contributed by atoms with Crippen molar-refractivity contribution >= 4 is 43.9 Å². The first-order valence-electron chi connectivity index (χ1n) is 25.9. The zero-order valence-corrected chi connectivity index (χ0v) is 43.4. The number of aliphatic carboxylic acids is 1. The summed E-state index contributed by atoms with van der Waals surface area (Å²) in [6, 6.07) is 19.7. The van der Waals surface area contributed by atoms with Crippen molar-refractivity contribution in [3.05, 3.63) is 72.1 Å². The van der Waals surface area contributed by atoms with Crippen LogP contribution in [0.4, 0.5) is 0 Å². The average molecular weight is 983 g/mol. The molecule has 12 rings (SSSR count). The molecule has 0 unspecified atom stereocenters. The maximum Gasteiger partial charge on any atom is 0.311 e. The molecule has 0 radical (unpaired) electrons. The van der Waals surface area contributed by atoms with Crippen molar-refractivity contribution < 1.29 is 41.9 Å². The van der Waals surface area contributed by atoms with Gasteiger partial charge in [-0.2, -0.15) is 8.42 Å². The Morgan fingerprint density at radius 3 is 1.51 bits per heavy atom. The number of fused-ring (bicyclic) bond motifs is 8. The number of pyridine rings is 2. The van der Waals surface area contributed by atoms with E-state index in [2.05, 4.69) is 73.6 Å². The molecule has 2 aromatic carbocycles. The Labute approximate surface area is 415 Å². The normalized spacial score (nSPS) is 28.3. The van der Waals surface area contributed by atoms with E-state index in [9.17, 15) is 28.2 Å². The minimum Gasteiger partial charge on any atom is -0.508 e. The van der Waals surface area contributed by atoms with Gasteiger partial charge in [-0.1, -0.05) is 39.8 Å². The number of hydrogen-bond acceptors (Lipinski definition) is 12. The third-order valence-electron chi connectivity index (χ3n) is 17.5. The fourth-order valence-corrected chi connectivity index (χ4v) is 13.0. The fourth-order valence-electron chi connectivity index (χ4n) is 12.3. The van der Waals surface area contributed by atoms with Crippen LogP contribution in [0, 0.1) is 21.7 Å². The maximum atomic E-state index is 12.1. The van der Waals surface area contributed by atoms with Gasteiger partial charge in [-0.05, 0) is 188 Å². The number of aromatic nitrogens is 2. The van der Waals surface area contributed by atoms with Gasteiger partial charge in [0, 0.05) is 34.9 Å². The summed E-state index contributed by atoms with van der Waals surface area (Å²) in [4.78, 5) is 33.3. The van der Waals surface area contributed by atoms with Crippen molar-refractivity contribution in [2.24, 2.45) is 21.7 Å². The number of carbonyl (C=O) groups is 2. The van der Waals surface area contributed by atoms with Crippen LogP contribution in [0.3, 0.4) is 0 Å². The largest absolute Gasteiger partial charge is 0.508 e. The predicted molar refractivity (Wildman–Crippen MR) is 273 cm³/mol. The molecule has 4 bridgehead atoms. The number of phenolic OH excluding ortho intramolecular Hbond substituents is 1. The van der Waals surface area contributed by atoms with Crippen LogP contribution >= 0.6 is 0 Å². The van der Waals surface area contributed by atoms with Gasteiger partial charge < -0.3 is 30.3 Å². The van der Waals surface area contributed by atoms with Crippen LogP contribution in [0.2, 0.25) is 0 Å². The van der Waals surface area contributed by atoms with Crippen LogP contribution in [0.5, 0.6) is 11.5 Å². The number of phenols is 1. The molecule has 4 N–H and O–H groups in total. The second kappa shape index (κ2) is 20.6. The van der Waals surface area contributed by atoms with Crippen LogP contribution in [0.25, 0.3) is 21.8 Å². The molecule has 70 heavy (non-hydrogen) atoms. The van der Waals surface area contributed by atoms with Crippen LogP contribution in [-0.2, 0) is 41.7 Å². The summed E-state index contributed by atoms with van der Waals surface area (Å²) in [5, 5.41) is 28.7. The second-order valence-electron chi connectivity index (χ2n) is 23.6. The molecule has 382 valence electrons. The molecule has 0 atom stereocenters. The number of methoxy groups -OCH3 is 1. The van der Waals surface area contributed by atoms with E-state index in [0.29, 0.717) is 16.9 Å². The van der Waals surface area contributed by atoms with Crippen molar-refractivity contribution in [1.82, 2.24) is 20.6 Å². The van der Waals surface area contributed by atoms with Gasteiger partial charge in [-0.3, -0.25) is 23.7 Å². The van der Waals surface area contributed by atoms with Crippen LogP contribution < -0.4 is 15.4 Å². The monoisotopic (exact) mass is 983 g/mol. The van der Waals surface area contributed by atoms with Crippen molar-refractivity contribution in [1.29, 1.82) is 0 Å². The lowest BCUT2D eigenvalue weighted by Crippen LogP contribution is -2.56. The van der Waals surface area contributed by atoms with Crippen molar-refractivity contribution in [3.8, 4) is 11.5 Å². The lowest BCUT2D eigenvalue weighted by Gasteiger charge is -2.52. The van der Waals surface area contributed by atoms with E-state index in [1.54, 1.807) is 12.1 Å². The number of carbonyl (C=O) groups excluding carboxylic acids is 1. The van der Waals surface area contributed by atoms with Crippen molar-refractivity contribution in [2.45, 2.75) is 192 Å². The smallest absolute Gasteiger partial charge is 0.311 e. The third kappa shape index (κ3) is 12.6. The van der Waals surface area contributed by atoms with Gasteiger partial charge in [0.25, 0.3) is 10.1 Å². The molecule has 8 saturated carbocycles. The molecule has 8 aliphatic carbocycles. The van der Waals surface area contributed by atoms with E-state index in [1.165, 1.54) is 20.0 Å². The lowest BCUT2D eigenvalue weighted by atomic mass is 9.57. The summed E-state index contributed by atoms with van der Waals surface area (Å²) in [7, 11) is -1.76. The highest BCUT2D eigenvalue weighted by Gasteiger charge is 2.54. The van der Waals surface area contributed by atoms with E-state index in [1.807, 2.05) is 18.2 Å². The predicted octanol–water partition coefficient (Wildman–Crippen LogP) is 11.1. The number of carboxylic acids is 1. The molecule has 2 aromatic heterocycles. The summed E-state index contributed by atoms with van der Waals surface area (Å²) in [5.74, 6) is 0.579. The van der Waals surface area contributed by atoms with Crippen molar-refractivity contribution in [2.75, 3.05) is 13.4 Å². The molecule has 0 aliphatic heterocycles.